The van der Waals surface area contributed by atoms with Crippen molar-refractivity contribution in [3.05, 3.63) is 46.6 Å². The molecular weight excluding hydrogens is 342 g/mol. The number of thioether (sulfide) groups is 1. The van der Waals surface area contributed by atoms with Gasteiger partial charge in [0.15, 0.2) is 10.8 Å². The summed E-state index contributed by atoms with van der Waals surface area (Å²) < 4.78 is 1.77. The van der Waals surface area contributed by atoms with Gasteiger partial charge in [-0.2, -0.15) is 14.6 Å². The first-order valence-electron chi connectivity index (χ1n) is 7.82. The SMILES string of the molecule is CSc1nc(NC(C)c2ccccc2Cl)n2ncc(C(C)C)c2n1. The second-order valence-corrected chi connectivity index (χ2v) is 7.09. The number of nitrogens with zero attached hydrogens (tertiary/aromatic N) is 4. The second-order valence-electron chi connectivity index (χ2n) is 5.91. The summed E-state index contributed by atoms with van der Waals surface area (Å²) in [5.74, 6) is 1.02. The van der Waals surface area contributed by atoms with Crippen LogP contribution in [-0.4, -0.2) is 25.8 Å². The molecule has 5 nitrogen and oxygen atoms in total. The lowest BCUT2D eigenvalue weighted by Crippen LogP contribution is -2.13. The number of anilines is 1. The van der Waals surface area contributed by atoms with Gasteiger partial charge in [0, 0.05) is 10.6 Å². The fraction of sp³-hybridized carbons (Fsp3) is 0.353. The first kappa shape index (κ1) is 17.0. The number of benzene rings is 1. The van der Waals surface area contributed by atoms with Gasteiger partial charge in [0.25, 0.3) is 0 Å². The van der Waals surface area contributed by atoms with Gasteiger partial charge in [-0.25, -0.2) is 4.98 Å². The molecule has 3 rings (SSSR count). The van der Waals surface area contributed by atoms with Crippen molar-refractivity contribution in [3.63, 3.8) is 0 Å². The third kappa shape index (κ3) is 3.21. The molecule has 1 unspecified atom stereocenters. The number of rotatable bonds is 5. The highest BCUT2D eigenvalue weighted by Gasteiger charge is 2.17. The molecular formula is C17H20ClN5S. The minimum atomic E-state index is -0.00166. The molecule has 2 heterocycles. The van der Waals surface area contributed by atoms with Crippen LogP contribution in [0.4, 0.5) is 5.95 Å². The molecule has 126 valence electrons. The standard InChI is InChI=1S/C17H20ClN5S/c1-10(2)13-9-19-23-15(13)21-17(24-4)22-16(23)20-11(3)12-7-5-6-8-14(12)18/h5-11H,1-4H3,(H,20,21,22). The predicted octanol–water partition coefficient (Wildman–Crippen LogP) is 4.80. The van der Waals surface area contributed by atoms with Gasteiger partial charge >= 0.3 is 0 Å². The van der Waals surface area contributed by atoms with E-state index in [1.165, 1.54) is 11.8 Å². The Balaban J connectivity index is 2.04. The lowest BCUT2D eigenvalue weighted by atomic mass is 10.1. The van der Waals surface area contributed by atoms with Gasteiger partial charge in [0.1, 0.15) is 0 Å². The van der Waals surface area contributed by atoms with E-state index in [0.29, 0.717) is 11.9 Å². The van der Waals surface area contributed by atoms with Gasteiger partial charge in [0.05, 0.1) is 12.2 Å². The molecule has 0 aliphatic heterocycles. The maximum Gasteiger partial charge on any atom is 0.228 e. The normalized spacial score (nSPS) is 12.8. The third-order valence-electron chi connectivity index (χ3n) is 3.90. The predicted molar refractivity (Wildman–Crippen MR) is 100 cm³/mol. The van der Waals surface area contributed by atoms with Crippen molar-refractivity contribution in [3.8, 4) is 0 Å². The maximum absolute atomic E-state index is 6.31. The Bertz CT molecular complexity index is 861. The van der Waals surface area contributed by atoms with Crippen LogP contribution in [0.2, 0.25) is 5.02 Å². The van der Waals surface area contributed by atoms with Crippen LogP contribution in [0.1, 0.15) is 43.9 Å². The highest BCUT2D eigenvalue weighted by atomic mass is 35.5. The summed E-state index contributed by atoms with van der Waals surface area (Å²) in [5.41, 5.74) is 2.98. The summed E-state index contributed by atoms with van der Waals surface area (Å²) in [7, 11) is 0. The van der Waals surface area contributed by atoms with E-state index in [4.69, 9.17) is 11.6 Å². The fourth-order valence-electron chi connectivity index (χ4n) is 2.56. The molecule has 1 aromatic carbocycles. The molecule has 0 aliphatic rings. The number of nitrogens with one attached hydrogen (secondary N) is 1. The molecule has 0 saturated carbocycles. The van der Waals surface area contributed by atoms with Gasteiger partial charge in [-0.1, -0.05) is 55.4 Å². The van der Waals surface area contributed by atoms with Crippen LogP contribution in [0.25, 0.3) is 5.65 Å². The van der Waals surface area contributed by atoms with Crippen molar-refractivity contribution in [2.24, 2.45) is 0 Å². The Morgan fingerprint density at radius 2 is 1.88 bits per heavy atom. The van der Waals surface area contributed by atoms with Crippen LogP contribution >= 0.6 is 23.4 Å². The van der Waals surface area contributed by atoms with Crippen LogP contribution in [0, 0.1) is 0 Å². The number of hydrogen-bond donors (Lipinski definition) is 1. The Morgan fingerprint density at radius 1 is 1.12 bits per heavy atom. The zero-order chi connectivity index (χ0) is 17.3. The molecule has 2 aromatic heterocycles. The zero-order valence-corrected chi connectivity index (χ0v) is 15.7. The van der Waals surface area contributed by atoms with Crippen LogP contribution in [-0.2, 0) is 0 Å². The summed E-state index contributed by atoms with van der Waals surface area (Å²) in [6.07, 6.45) is 3.84. The smallest absolute Gasteiger partial charge is 0.228 e. The number of hydrogen-bond acceptors (Lipinski definition) is 5. The Morgan fingerprint density at radius 3 is 2.54 bits per heavy atom. The molecule has 3 aromatic rings. The molecule has 0 fully saturated rings. The van der Waals surface area contributed by atoms with Crippen LogP contribution in [0.5, 0.6) is 0 Å². The molecule has 0 saturated heterocycles. The number of halogens is 1. The summed E-state index contributed by atoms with van der Waals surface area (Å²) in [6, 6.07) is 7.81. The second kappa shape index (κ2) is 6.99. The lowest BCUT2D eigenvalue weighted by Gasteiger charge is -2.17. The van der Waals surface area contributed by atoms with Crippen molar-refractivity contribution in [1.82, 2.24) is 19.6 Å². The van der Waals surface area contributed by atoms with Gasteiger partial charge in [-0.3, -0.25) is 0 Å². The van der Waals surface area contributed by atoms with Gasteiger partial charge < -0.3 is 5.32 Å². The van der Waals surface area contributed by atoms with E-state index in [-0.39, 0.29) is 6.04 Å². The van der Waals surface area contributed by atoms with Crippen molar-refractivity contribution in [2.75, 3.05) is 11.6 Å². The Kier molecular flexibility index (Phi) is 4.96. The average Bonchev–Trinajstić information content (AvgIpc) is 2.99. The first-order chi connectivity index (χ1) is 11.5. The number of fused-ring (bicyclic) bond motifs is 1. The monoisotopic (exact) mass is 361 g/mol. The lowest BCUT2D eigenvalue weighted by molar-refractivity contribution is 0.785. The van der Waals surface area contributed by atoms with E-state index < -0.39 is 0 Å². The largest absolute Gasteiger partial charge is 0.347 e. The Labute approximate surface area is 150 Å². The Hall–Kier alpha value is -1.79. The van der Waals surface area contributed by atoms with Crippen molar-refractivity contribution < 1.29 is 0 Å². The van der Waals surface area contributed by atoms with Gasteiger partial charge in [-0.15, -0.1) is 0 Å². The maximum atomic E-state index is 6.31. The molecule has 0 bridgehead atoms. The van der Waals surface area contributed by atoms with E-state index in [0.717, 1.165) is 27.0 Å². The highest BCUT2D eigenvalue weighted by molar-refractivity contribution is 7.98. The van der Waals surface area contributed by atoms with E-state index in [1.54, 1.807) is 4.52 Å². The minimum Gasteiger partial charge on any atom is -0.347 e. The highest BCUT2D eigenvalue weighted by Crippen LogP contribution is 2.27. The molecule has 0 amide bonds. The quantitative estimate of drug-likeness (QED) is 0.662. The summed E-state index contributed by atoms with van der Waals surface area (Å²) in [6.45, 7) is 6.33. The van der Waals surface area contributed by atoms with E-state index in [9.17, 15) is 0 Å². The topological polar surface area (TPSA) is 55.1 Å². The van der Waals surface area contributed by atoms with Crippen molar-refractivity contribution >= 4 is 35.0 Å². The average molecular weight is 362 g/mol. The van der Waals surface area contributed by atoms with Gasteiger partial charge in [-0.05, 0) is 30.7 Å². The molecule has 24 heavy (non-hydrogen) atoms. The number of aromatic nitrogens is 4. The van der Waals surface area contributed by atoms with Gasteiger partial charge in [0.2, 0.25) is 5.95 Å². The minimum absolute atomic E-state index is 0.00166. The molecule has 1 N–H and O–H groups in total. The van der Waals surface area contributed by atoms with Crippen LogP contribution in [0.3, 0.4) is 0 Å². The van der Waals surface area contributed by atoms with E-state index in [1.807, 2.05) is 36.7 Å². The van der Waals surface area contributed by atoms with Crippen LogP contribution < -0.4 is 5.32 Å². The first-order valence-corrected chi connectivity index (χ1v) is 9.42. The molecule has 0 radical (unpaired) electrons. The summed E-state index contributed by atoms with van der Waals surface area (Å²) >= 11 is 7.83. The summed E-state index contributed by atoms with van der Waals surface area (Å²) in [4.78, 5) is 9.20. The fourth-order valence-corrected chi connectivity index (χ4v) is 3.22. The summed E-state index contributed by atoms with van der Waals surface area (Å²) in [5, 5.41) is 9.35. The van der Waals surface area contributed by atoms with Crippen molar-refractivity contribution in [1.29, 1.82) is 0 Å². The van der Waals surface area contributed by atoms with E-state index >= 15 is 0 Å². The third-order valence-corrected chi connectivity index (χ3v) is 4.79. The van der Waals surface area contributed by atoms with Crippen LogP contribution in [0.15, 0.2) is 35.6 Å². The molecule has 0 aliphatic carbocycles. The van der Waals surface area contributed by atoms with E-state index in [2.05, 4.69) is 41.2 Å². The molecule has 7 heteroatoms. The molecule has 1 atom stereocenters. The molecule has 0 spiro atoms. The zero-order valence-electron chi connectivity index (χ0n) is 14.1. The van der Waals surface area contributed by atoms with Crippen molar-refractivity contribution in [2.45, 2.75) is 37.9 Å².